The lowest BCUT2D eigenvalue weighted by Crippen LogP contribution is -2.48. The van der Waals surface area contributed by atoms with Gasteiger partial charge in [0.15, 0.2) is 5.82 Å². The summed E-state index contributed by atoms with van der Waals surface area (Å²) in [4.78, 5) is 14.2. The van der Waals surface area contributed by atoms with Crippen LogP contribution in [0, 0.1) is 12.7 Å². The summed E-state index contributed by atoms with van der Waals surface area (Å²) in [5.41, 5.74) is 0.863. The molecule has 1 atom stereocenters. The SMILES string of the molecule is Cc1cc(NC(=O)CN2CCNCC2c2cccc(F)c2)no1. The molecule has 0 aliphatic carbocycles. The molecule has 2 aromatic rings. The summed E-state index contributed by atoms with van der Waals surface area (Å²) >= 11 is 0. The summed E-state index contributed by atoms with van der Waals surface area (Å²) in [5.74, 6) is 0.613. The monoisotopic (exact) mass is 318 g/mol. The van der Waals surface area contributed by atoms with E-state index in [1.165, 1.54) is 12.1 Å². The second kappa shape index (κ2) is 6.89. The van der Waals surface area contributed by atoms with Crippen molar-refractivity contribution in [3.05, 3.63) is 47.5 Å². The van der Waals surface area contributed by atoms with E-state index in [1.54, 1.807) is 19.1 Å². The molecule has 1 aromatic heterocycles. The van der Waals surface area contributed by atoms with Gasteiger partial charge in [-0.15, -0.1) is 0 Å². The number of benzene rings is 1. The summed E-state index contributed by atoms with van der Waals surface area (Å²) < 4.78 is 18.4. The summed E-state index contributed by atoms with van der Waals surface area (Å²) in [5, 5.41) is 9.75. The maximum Gasteiger partial charge on any atom is 0.239 e. The van der Waals surface area contributed by atoms with Gasteiger partial charge in [0.1, 0.15) is 11.6 Å². The Labute approximate surface area is 133 Å². The number of piperazine rings is 1. The average Bonchev–Trinajstić information content (AvgIpc) is 2.92. The van der Waals surface area contributed by atoms with Crippen LogP contribution in [0.25, 0.3) is 0 Å². The molecule has 1 aliphatic rings. The van der Waals surface area contributed by atoms with Gasteiger partial charge < -0.3 is 15.2 Å². The fourth-order valence-electron chi connectivity index (χ4n) is 2.77. The number of hydrogen-bond donors (Lipinski definition) is 2. The van der Waals surface area contributed by atoms with E-state index in [0.717, 1.165) is 12.1 Å². The van der Waals surface area contributed by atoms with Crippen LogP contribution in [0.1, 0.15) is 17.4 Å². The van der Waals surface area contributed by atoms with E-state index in [9.17, 15) is 9.18 Å². The third-order valence-corrected chi connectivity index (χ3v) is 3.83. The Morgan fingerprint density at radius 2 is 2.39 bits per heavy atom. The van der Waals surface area contributed by atoms with E-state index in [4.69, 9.17) is 4.52 Å². The zero-order valence-electron chi connectivity index (χ0n) is 12.9. The van der Waals surface area contributed by atoms with Crippen molar-refractivity contribution in [1.82, 2.24) is 15.4 Å². The van der Waals surface area contributed by atoms with Crippen LogP contribution in [0.5, 0.6) is 0 Å². The van der Waals surface area contributed by atoms with Crippen molar-refractivity contribution in [3.8, 4) is 0 Å². The Bertz CT molecular complexity index is 688. The van der Waals surface area contributed by atoms with Crippen LogP contribution in [-0.4, -0.2) is 42.1 Å². The molecule has 1 aliphatic heterocycles. The summed E-state index contributed by atoms with van der Waals surface area (Å²) in [7, 11) is 0. The lowest BCUT2D eigenvalue weighted by Gasteiger charge is -2.35. The van der Waals surface area contributed by atoms with E-state index < -0.39 is 0 Å². The average molecular weight is 318 g/mol. The minimum Gasteiger partial charge on any atom is -0.360 e. The largest absolute Gasteiger partial charge is 0.360 e. The van der Waals surface area contributed by atoms with Crippen molar-refractivity contribution in [2.75, 3.05) is 31.5 Å². The number of halogens is 1. The number of nitrogens with one attached hydrogen (secondary N) is 2. The molecule has 6 nitrogen and oxygen atoms in total. The molecule has 0 saturated carbocycles. The van der Waals surface area contributed by atoms with Crippen molar-refractivity contribution >= 4 is 11.7 Å². The van der Waals surface area contributed by atoms with E-state index in [1.807, 2.05) is 11.0 Å². The van der Waals surface area contributed by atoms with Gasteiger partial charge in [-0.1, -0.05) is 17.3 Å². The van der Waals surface area contributed by atoms with Crippen molar-refractivity contribution in [2.45, 2.75) is 13.0 Å². The molecule has 1 unspecified atom stereocenters. The Kier molecular flexibility index (Phi) is 4.68. The zero-order valence-corrected chi connectivity index (χ0v) is 12.9. The standard InChI is InChI=1S/C16H19FN4O2/c1-11-7-15(20-23-11)19-16(22)10-21-6-5-18-9-14(21)12-3-2-4-13(17)8-12/h2-4,7-8,14,18H,5-6,9-10H2,1H3,(H,19,20,22). The summed E-state index contributed by atoms with van der Waals surface area (Å²) in [6.07, 6.45) is 0. The fourth-order valence-corrected chi connectivity index (χ4v) is 2.77. The van der Waals surface area contributed by atoms with Crippen LogP contribution in [0.2, 0.25) is 0 Å². The number of carbonyl (C=O) groups excluding carboxylic acids is 1. The molecule has 0 bridgehead atoms. The molecule has 23 heavy (non-hydrogen) atoms. The van der Waals surface area contributed by atoms with Crippen molar-refractivity contribution in [3.63, 3.8) is 0 Å². The highest BCUT2D eigenvalue weighted by molar-refractivity contribution is 5.91. The molecule has 7 heteroatoms. The number of nitrogens with zero attached hydrogens (tertiary/aromatic N) is 2. The number of amides is 1. The summed E-state index contributed by atoms with van der Waals surface area (Å²) in [6, 6.07) is 8.14. The molecule has 3 rings (SSSR count). The highest BCUT2D eigenvalue weighted by Crippen LogP contribution is 2.22. The number of rotatable bonds is 4. The normalized spacial score (nSPS) is 18.8. The van der Waals surface area contributed by atoms with Gasteiger partial charge in [-0.3, -0.25) is 9.69 Å². The number of aromatic nitrogens is 1. The molecule has 0 spiro atoms. The fraction of sp³-hybridized carbons (Fsp3) is 0.375. The Hall–Kier alpha value is -2.25. The van der Waals surface area contributed by atoms with E-state index in [0.29, 0.717) is 24.7 Å². The lowest BCUT2D eigenvalue weighted by atomic mass is 10.0. The maximum atomic E-state index is 13.5. The molecule has 2 heterocycles. The third-order valence-electron chi connectivity index (χ3n) is 3.83. The third kappa shape index (κ3) is 3.94. The van der Waals surface area contributed by atoms with Gasteiger partial charge in [0, 0.05) is 31.7 Å². The van der Waals surface area contributed by atoms with Gasteiger partial charge in [0.2, 0.25) is 5.91 Å². The lowest BCUT2D eigenvalue weighted by molar-refractivity contribution is -0.118. The first-order chi connectivity index (χ1) is 11.1. The topological polar surface area (TPSA) is 70.4 Å². The second-order valence-electron chi connectivity index (χ2n) is 5.62. The molecule has 1 amide bonds. The number of carbonyl (C=O) groups is 1. The minimum absolute atomic E-state index is 0.0377. The van der Waals surface area contributed by atoms with Gasteiger partial charge in [-0.05, 0) is 24.6 Å². The van der Waals surface area contributed by atoms with Crippen LogP contribution in [0.3, 0.4) is 0 Å². The smallest absolute Gasteiger partial charge is 0.239 e. The molecular weight excluding hydrogens is 299 g/mol. The first-order valence-electron chi connectivity index (χ1n) is 7.55. The summed E-state index contributed by atoms with van der Waals surface area (Å²) in [6.45, 7) is 4.17. The zero-order chi connectivity index (χ0) is 16.2. The van der Waals surface area contributed by atoms with Crippen molar-refractivity contribution in [1.29, 1.82) is 0 Å². The first-order valence-corrected chi connectivity index (χ1v) is 7.55. The molecular formula is C16H19FN4O2. The van der Waals surface area contributed by atoms with Gasteiger partial charge in [0.05, 0.1) is 6.54 Å². The van der Waals surface area contributed by atoms with E-state index >= 15 is 0 Å². The van der Waals surface area contributed by atoms with Gasteiger partial charge in [-0.25, -0.2) is 4.39 Å². The van der Waals surface area contributed by atoms with Gasteiger partial charge in [0.25, 0.3) is 0 Å². The van der Waals surface area contributed by atoms with E-state index in [2.05, 4.69) is 15.8 Å². The highest BCUT2D eigenvalue weighted by atomic mass is 19.1. The Balaban J connectivity index is 1.67. The van der Waals surface area contributed by atoms with Crippen LogP contribution >= 0.6 is 0 Å². The quantitative estimate of drug-likeness (QED) is 0.898. The number of anilines is 1. The Morgan fingerprint density at radius 3 is 3.13 bits per heavy atom. The Morgan fingerprint density at radius 1 is 1.52 bits per heavy atom. The van der Waals surface area contributed by atoms with Crippen molar-refractivity contribution in [2.24, 2.45) is 0 Å². The number of aryl methyl sites for hydroxylation is 1. The number of hydrogen-bond acceptors (Lipinski definition) is 5. The highest BCUT2D eigenvalue weighted by Gasteiger charge is 2.26. The molecule has 0 radical (unpaired) electrons. The van der Waals surface area contributed by atoms with Gasteiger partial charge >= 0.3 is 0 Å². The van der Waals surface area contributed by atoms with Crippen LogP contribution < -0.4 is 10.6 Å². The van der Waals surface area contributed by atoms with Crippen LogP contribution in [0.15, 0.2) is 34.9 Å². The maximum absolute atomic E-state index is 13.5. The molecule has 2 N–H and O–H groups in total. The first kappa shape index (κ1) is 15.6. The molecule has 1 aromatic carbocycles. The van der Waals surface area contributed by atoms with Crippen LogP contribution in [0.4, 0.5) is 10.2 Å². The molecule has 1 fully saturated rings. The predicted molar refractivity (Wildman–Crippen MR) is 83.5 cm³/mol. The van der Waals surface area contributed by atoms with Crippen molar-refractivity contribution < 1.29 is 13.7 Å². The second-order valence-corrected chi connectivity index (χ2v) is 5.62. The molecule has 122 valence electrons. The van der Waals surface area contributed by atoms with E-state index in [-0.39, 0.29) is 24.3 Å². The molecule has 1 saturated heterocycles. The minimum atomic E-state index is -0.268. The predicted octanol–water partition coefficient (Wildman–Crippen LogP) is 1.71. The van der Waals surface area contributed by atoms with Gasteiger partial charge in [-0.2, -0.15) is 0 Å². The van der Waals surface area contributed by atoms with Crippen LogP contribution in [-0.2, 0) is 4.79 Å².